The van der Waals surface area contributed by atoms with Crippen LogP contribution in [-0.2, 0) is 20.7 Å². The third-order valence-electron chi connectivity index (χ3n) is 5.06. The molecule has 0 aliphatic carbocycles. The molecule has 4 nitrogen and oxygen atoms in total. The van der Waals surface area contributed by atoms with Crippen LogP contribution in [0.5, 0.6) is 11.5 Å². The van der Waals surface area contributed by atoms with Crippen LogP contribution in [0.3, 0.4) is 0 Å². The molecule has 0 saturated carbocycles. The summed E-state index contributed by atoms with van der Waals surface area (Å²) >= 11 is 6.03. The molecule has 3 rings (SSSR count). The number of hydrogen-bond donors (Lipinski definition) is 0. The van der Waals surface area contributed by atoms with E-state index in [1.807, 2.05) is 19.1 Å². The highest BCUT2D eigenvalue weighted by Gasteiger charge is 2.53. The molecular formula is C23H25ClO4. The van der Waals surface area contributed by atoms with Crippen molar-refractivity contribution in [2.45, 2.75) is 58.2 Å². The lowest BCUT2D eigenvalue weighted by molar-refractivity contribution is -0.184. The molecule has 0 aromatic heterocycles. The Balaban J connectivity index is 2.06. The van der Waals surface area contributed by atoms with Gasteiger partial charge in [0.15, 0.2) is 11.6 Å². The van der Waals surface area contributed by atoms with Gasteiger partial charge in [0.25, 0.3) is 0 Å². The number of carbonyl (C=O) groups excluding carboxylic acids is 2. The first-order valence-electron chi connectivity index (χ1n) is 9.40. The number of Topliss-reactive ketones (excluding diaryl/α,β-unsaturated/α-hetero) is 2. The minimum absolute atomic E-state index is 0.230. The fourth-order valence-corrected chi connectivity index (χ4v) is 3.91. The van der Waals surface area contributed by atoms with Crippen molar-refractivity contribution >= 4 is 23.2 Å². The van der Waals surface area contributed by atoms with Crippen LogP contribution in [0.25, 0.3) is 0 Å². The summed E-state index contributed by atoms with van der Waals surface area (Å²) in [4.78, 5) is 26.2. The van der Waals surface area contributed by atoms with Gasteiger partial charge in [0.05, 0.1) is 0 Å². The Hall–Kier alpha value is -2.17. The summed E-state index contributed by atoms with van der Waals surface area (Å²) in [5.74, 6) is -0.195. The van der Waals surface area contributed by atoms with Gasteiger partial charge in [-0.1, -0.05) is 30.7 Å². The molecule has 0 atom stereocenters. The summed E-state index contributed by atoms with van der Waals surface area (Å²) in [7, 11) is 0. The SMILES string of the molecule is CCc1ccc(Oc2cccc(Cl)c2)cc1C1C(=O)C(C)(C)OC(C)(C)C1=O. The first-order chi connectivity index (χ1) is 13.0. The van der Waals surface area contributed by atoms with Gasteiger partial charge in [-0.15, -0.1) is 0 Å². The van der Waals surface area contributed by atoms with Crippen LogP contribution < -0.4 is 4.74 Å². The Morgan fingerprint density at radius 1 is 0.964 bits per heavy atom. The van der Waals surface area contributed by atoms with Gasteiger partial charge in [-0.05, 0) is 75.6 Å². The Kier molecular flexibility index (Phi) is 5.39. The molecule has 1 aliphatic rings. The summed E-state index contributed by atoms with van der Waals surface area (Å²) in [6.45, 7) is 8.87. The molecule has 148 valence electrons. The first kappa shape index (κ1) is 20.6. The molecule has 2 aromatic carbocycles. The number of ketones is 2. The van der Waals surface area contributed by atoms with Crippen molar-refractivity contribution in [3.05, 3.63) is 58.6 Å². The van der Waals surface area contributed by atoms with Crippen LogP contribution in [0.4, 0.5) is 0 Å². The van der Waals surface area contributed by atoms with Gasteiger partial charge in [-0.25, -0.2) is 0 Å². The molecule has 1 heterocycles. The van der Waals surface area contributed by atoms with E-state index in [0.29, 0.717) is 28.5 Å². The van der Waals surface area contributed by atoms with E-state index in [4.69, 9.17) is 21.1 Å². The van der Waals surface area contributed by atoms with Crippen molar-refractivity contribution in [2.75, 3.05) is 0 Å². The Morgan fingerprint density at radius 3 is 2.14 bits per heavy atom. The van der Waals surface area contributed by atoms with Gasteiger partial charge < -0.3 is 9.47 Å². The van der Waals surface area contributed by atoms with E-state index >= 15 is 0 Å². The van der Waals surface area contributed by atoms with Crippen LogP contribution in [-0.4, -0.2) is 22.8 Å². The Bertz CT molecular complexity index is 904. The predicted molar refractivity (Wildman–Crippen MR) is 109 cm³/mol. The second kappa shape index (κ2) is 7.34. The van der Waals surface area contributed by atoms with E-state index in [-0.39, 0.29) is 11.6 Å². The van der Waals surface area contributed by atoms with Gasteiger partial charge in [0, 0.05) is 5.02 Å². The number of ether oxygens (including phenoxy) is 2. The van der Waals surface area contributed by atoms with Gasteiger partial charge in [0.1, 0.15) is 28.6 Å². The lowest BCUT2D eigenvalue weighted by Gasteiger charge is -2.43. The van der Waals surface area contributed by atoms with Crippen LogP contribution in [0, 0.1) is 0 Å². The number of halogens is 1. The largest absolute Gasteiger partial charge is 0.457 e. The smallest absolute Gasteiger partial charge is 0.179 e. The molecular weight excluding hydrogens is 376 g/mol. The van der Waals surface area contributed by atoms with Crippen LogP contribution >= 0.6 is 11.6 Å². The Labute approximate surface area is 170 Å². The molecule has 0 spiro atoms. The third-order valence-corrected chi connectivity index (χ3v) is 5.30. The molecule has 0 radical (unpaired) electrons. The van der Waals surface area contributed by atoms with Crippen LogP contribution in [0.2, 0.25) is 5.02 Å². The maximum absolute atomic E-state index is 13.1. The molecule has 0 N–H and O–H groups in total. The predicted octanol–water partition coefficient (Wildman–Crippen LogP) is 5.50. The van der Waals surface area contributed by atoms with E-state index in [2.05, 4.69) is 0 Å². The highest BCUT2D eigenvalue weighted by atomic mass is 35.5. The zero-order valence-corrected chi connectivity index (χ0v) is 17.6. The van der Waals surface area contributed by atoms with Crippen LogP contribution in [0.1, 0.15) is 51.7 Å². The molecule has 1 aliphatic heterocycles. The van der Waals surface area contributed by atoms with Crippen molar-refractivity contribution in [3.8, 4) is 11.5 Å². The van der Waals surface area contributed by atoms with Crippen molar-refractivity contribution in [3.63, 3.8) is 0 Å². The van der Waals surface area contributed by atoms with Crippen molar-refractivity contribution in [1.82, 2.24) is 0 Å². The van der Waals surface area contributed by atoms with Gasteiger partial charge in [-0.2, -0.15) is 0 Å². The van der Waals surface area contributed by atoms with Crippen molar-refractivity contribution in [2.24, 2.45) is 0 Å². The lowest BCUT2D eigenvalue weighted by Crippen LogP contribution is -2.58. The van der Waals surface area contributed by atoms with Crippen molar-refractivity contribution < 1.29 is 19.1 Å². The van der Waals surface area contributed by atoms with Gasteiger partial charge in [0.2, 0.25) is 0 Å². The third kappa shape index (κ3) is 3.85. The average Bonchev–Trinajstić information content (AvgIpc) is 2.60. The minimum atomic E-state index is -1.04. The topological polar surface area (TPSA) is 52.6 Å². The maximum atomic E-state index is 13.1. The average molecular weight is 401 g/mol. The molecule has 1 saturated heterocycles. The molecule has 0 amide bonds. The van der Waals surface area contributed by atoms with Gasteiger partial charge >= 0.3 is 0 Å². The monoisotopic (exact) mass is 400 g/mol. The number of benzene rings is 2. The lowest BCUT2D eigenvalue weighted by atomic mass is 9.73. The van der Waals surface area contributed by atoms with E-state index in [9.17, 15) is 9.59 Å². The summed E-state index contributed by atoms with van der Waals surface area (Å²) in [6, 6.07) is 12.6. The summed E-state index contributed by atoms with van der Waals surface area (Å²) in [5, 5.41) is 0.571. The number of rotatable bonds is 4. The fraction of sp³-hybridized carbons (Fsp3) is 0.391. The molecule has 0 unspecified atom stereocenters. The Morgan fingerprint density at radius 2 is 1.57 bits per heavy atom. The van der Waals surface area contributed by atoms with E-state index in [1.54, 1.807) is 58.0 Å². The summed E-state index contributed by atoms with van der Waals surface area (Å²) in [5.41, 5.74) is -0.464. The second-order valence-electron chi connectivity index (χ2n) is 8.06. The van der Waals surface area contributed by atoms with Gasteiger partial charge in [-0.3, -0.25) is 9.59 Å². The standard InChI is InChI=1S/C23H25ClO4/c1-6-14-10-11-17(27-16-9-7-8-15(24)12-16)13-18(14)19-20(25)22(2,3)28-23(4,5)21(19)26/h7-13,19H,6H2,1-5H3. The maximum Gasteiger partial charge on any atom is 0.179 e. The number of carbonyl (C=O) groups is 2. The number of aryl methyl sites for hydroxylation is 1. The van der Waals surface area contributed by atoms with Crippen molar-refractivity contribution in [1.29, 1.82) is 0 Å². The minimum Gasteiger partial charge on any atom is -0.457 e. The molecule has 28 heavy (non-hydrogen) atoms. The highest BCUT2D eigenvalue weighted by Crippen LogP contribution is 2.41. The van der Waals surface area contributed by atoms with E-state index in [1.165, 1.54) is 0 Å². The molecule has 1 fully saturated rings. The zero-order chi connectivity index (χ0) is 20.7. The van der Waals surface area contributed by atoms with E-state index < -0.39 is 17.1 Å². The molecule has 5 heteroatoms. The highest BCUT2D eigenvalue weighted by molar-refractivity contribution is 6.30. The summed E-state index contributed by atoms with van der Waals surface area (Å²) in [6.07, 6.45) is 0.700. The van der Waals surface area contributed by atoms with E-state index in [0.717, 1.165) is 5.56 Å². The first-order valence-corrected chi connectivity index (χ1v) is 9.78. The zero-order valence-electron chi connectivity index (χ0n) is 16.8. The fourth-order valence-electron chi connectivity index (χ4n) is 3.73. The molecule has 2 aromatic rings. The summed E-state index contributed by atoms with van der Waals surface area (Å²) < 4.78 is 11.7. The quantitative estimate of drug-likeness (QED) is 0.635. The normalized spacial score (nSPS) is 18.9. The molecule has 0 bridgehead atoms. The van der Waals surface area contributed by atoms with Crippen LogP contribution in [0.15, 0.2) is 42.5 Å². The second-order valence-corrected chi connectivity index (χ2v) is 8.49. The number of hydrogen-bond acceptors (Lipinski definition) is 4.